The van der Waals surface area contributed by atoms with Gasteiger partial charge < -0.3 is 10.5 Å². The topological polar surface area (TPSA) is 72.6 Å². The molecule has 0 aromatic heterocycles. The van der Waals surface area contributed by atoms with E-state index in [0.29, 0.717) is 23.8 Å². The summed E-state index contributed by atoms with van der Waals surface area (Å²) in [5.74, 6) is 0.593. The fraction of sp³-hybridized carbons (Fsp3) is 0.500. The zero-order valence-electron chi connectivity index (χ0n) is 13.1. The first-order valence-electron chi connectivity index (χ1n) is 7.05. The number of methoxy groups -OCH3 is 1. The van der Waals surface area contributed by atoms with Gasteiger partial charge in [-0.15, -0.1) is 0 Å². The van der Waals surface area contributed by atoms with Gasteiger partial charge in [-0.3, -0.25) is 14.5 Å². The molecule has 116 valence electrons. The van der Waals surface area contributed by atoms with E-state index in [9.17, 15) is 9.59 Å². The summed E-state index contributed by atoms with van der Waals surface area (Å²) in [7, 11) is 1.58. The molecule has 5 heteroatoms. The Balaban J connectivity index is 2.87. The Bertz CT molecular complexity index is 483. The van der Waals surface area contributed by atoms with Crippen LogP contribution in [-0.4, -0.2) is 42.8 Å². The van der Waals surface area contributed by atoms with Gasteiger partial charge in [-0.05, 0) is 37.1 Å². The lowest BCUT2D eigenvalue weighted by molar-refractivity contribution is -0.119. The number of rotatable bonds is 8. The van der Waals surface area contributed by atoms with Crippen molar-refractivity contribution in [2.45, 2.75) is 26.8 Å². The van der Waals surface area contributed by atoms with Crippen LogP contribution >= 0.6 is 0 Å². The number of ether oxygens (including phenoxy) is 1. The Labute approximate surface area is 126 Å². The molecule has 1 amide bonds. The highest BCUT2D eigenvalue weighted by molar-refractivity contribution is 6.00. The molecule has 1 aromatic carbocycles. The van der Waals surface area contributed by atoms with Gasteiger partial charge in [0, 0.05) is 12.1 Å². The second kappa shape index (κ2) is 7.78. The Kier molecular flexibility index (Phi) is 6.37. The summed E-state index contributed by atoms with van der Waals surface area (Å²) in [5, 5.41) is 0. The third-order valence-electron chi connectivity index (χ3n) is 3.26. The molecule has 0 bridgehead atoms. The number of nitrogens with two attached hydrogens (primary N) is 1. The average Bonchev–Trinajstić information content (AvgIpc) is 2.44. The number of ketones is 1. The molecular formula is C16H24N2O3. The lowest BCUT2D eigenvalue weighted by Crippen LogP contribution is -2.45. The maximum absolute atomic E-state index is 12.5. The molecule has 0 heterocycles. The van der Waals surface area contributed by atoms with Crippen LogP contribution in [0.25, 0.3) is 0 Å². The number of nitrogens with zero attached hydrogens (tertiary/aromatic N) is 1. The zero-order valence-corrected chi connectivity index (χ0v) is 13.1. The molecular weight excluding hydrogens is 268 g/mol. The van der Waals surface area contributed by atoms with E-state index in [1.54, 1.807) is 38.3 Å². The molecule has 1 aromatic rings. The van der Waals surface area contributed by atoms with E-state index in [2.05, 4.69) is 0 Å². The highest BCUT2D eigenvalue weighted by atomic mass is 16.5. The summed E-state index contributed by atoms with van der Waals surface area (Å²) in [4.78, 5) is 25.5. The molecule has 0 spiro atoms. The molecule has 0 aliphatic carbocycles. The Morgan fingerprint density at radius 2 is 1.76 bits per heavy atom. The van der Waals surface area contributed by atoms with Crippen LogP contribution in [0.5, 0.6) is 5.75 Å². The number of hydrogen-bond donors (Lipinski definition) is 1. The average molecular weight is 292 g/mol. The maximum atomic E-state index is 12.5. The molecule has 2 N–H and O–H groups in total. The van der Waals surface area contributed by atoms with Crippen LogP contribution in [0.3, 0.4) is 0 Å². The number of carbonyl (C=O) groups excluding carboxylic acids is 2. The first-order chi connectivity index (χ1) is 9.85. The van der Waals surface area contributed by atoms with Crippen molar-refractivity contribution in [3.8, 4) is 5.75 Å². The smallest absolute Gasteiger partial charge is 0.231 e. The summed E-state index contributed by atoms with van der Waals surface area (Å²) >= 11 is 0. The monoisotopic (exact) mass is 292 g/mol. The van der Waals surface area contributed by atoms with E-state index in [1.165, 1.54) is 0 Å². The molecule has 0 fully saturated rings. The molecule has 1 unspecified atom stereocenters. The minimum Gasteiger partial charge on any atom is -0.497 e. The molecule has 1 rings (SSSR count). The summed E-state index contributed by atoms with van der Waals surface area (Å²) < 4.78 is 5.08. The van der Waals surface area contributed by atoms with Crippen LogP contribution in [-0.2, 0) is 4.79 Å². The second-order valence-electron chi connectivity index (χ2n) is 5.56. The van der Waals surface area contributed by atoms with Crippen LogP contribution in [0.4, 0.5) is 0 Å². The molecule has 5 nitrogen and oxygen atoms in total. The van der Waals surface area contributed by atoms with E-state index in [1.807, 2.05) is 18.7 Å². The summed E-state index contributed by atoms with van der Waals surface area (Å²) in [6, 6.07) is 6.57. The maximum Gasteiger partial charge on any atom is 0.231 e. The fourth-order valence-corrected chi connectivity index (χ4v) is 2.19. The lowest BCUT2D eigenvalue weighted by atomic mass is 10.0. The highest BCUT2D eigenvalue weighted by Crippen LogP contribution is 2.15. The standard InChI is InChI=1S/C16H24N2O3/c1-11(2)9-18(10-15(17)19)12(3)16(20)13-5-7-14(21-4)8-6-13/h5-8,11-12H,9-10H2,1-4H3,(H2,17,19). The molecule has 0 saturated heterocycles. The predicted octanol–water partition coefficient (Wildman–Crippen LogP) is 1.71. The van der Waals surface area contributed by atoms with Gasteiger partial charge in [-0.25, -0.2) is 0 Å². The normalized spacial score (nSPS) is 12.5. The van der Waals surface area contributed by atoms with Crippen molar-refractivity contribution in [2.75, 3.05) is 20.2 Å². The van der Waals surface area contributed by atoms with Crippen molar-refractivity contribution in [3.05, 3.63) is 29.8 Å². The van der Waals surface area contributed by atoms with Crippen molar-refractivity contribution in [1.82, 2.24) is 4.90 Å². The molecule has 0 radical (unpaired) electrons. The third-order valence-corrected chi connectivity index (χ3v) is 3.26. The van der Waals surface area contributed by atoms with Gasteiger partial charge in [0.1, 0.15) is 5.75 Å². The molecule has 0 aliphatic rings. The van der Waals surface area contributed by atoms with E-state index >= 15 is 0 Å². The van der Waals surface area contributed by atoms with Gasteiger partial charge in [0.25, 0.3) is 0 Å². The first kappa shape index (κ1) is 17.2. The minimum atomic E-state index is -0.426. The second-order valence-corrected chi connectivity index (χ2v) is 5.56. The highest BCUT2D eigenvalue weighted by Gasteiger charge is 2.24. The van der Waals surface area contributed by atoms with E-state index < -0.39 is 11.9 Å². The SMILES string of the molecule is COc1ccc(C(=O)C(C)N(CC(N)=O)CC(C)C)cc1. The van der Waals surface area contributed by atoms with Crippen molar-refractivity contribution in [1.29, 1.82) is 0 Å². The van der Waals surface area contributed by atoms with Gasteiger partial charge in [0.15, 0.2) is 5.78 Å². The van der Waals surface area contributed by atoms with Crippen LogP contribution in [0, 0.1) is 5.92 Å². The van der Waals surface area contributed by atoms with Gasteiger partial charge in [0.2, 0.25) is 5.91 Å². The van der Waals surface area contributed by atoms with Gasteiger partial charge in [0.05, 0.1) is 19.7 Å². The van der Waals surface area contributed by atoms with Crippen molar-refractivity contribution in [3.63, 3.8) is 0 Å². The molecule has 0 aliphatic heterocycles. The van der Waals surface area contributed by atoms with Crippen molar-refractivity contribution < 1.29 is 14.3 Å². The number of primary amides is 1. The van der Waals surface area contributed by atoms with Crippen LogP contribution < -0.4 is 10.5 Å². The zero-order chi connectivity index (χ0) is 16.0. The summed E-state index contributed by atoms with van der Waals surface area (Å²) in [6.07, 6.45) is 0. The van der Waals surface area contributed by atoms with Crippen LogP contribution in [0.15, 0.2) is 24.3 Å². The lowest BCUT2D eigenvalue weighted by Gasteiger charge is -2.28. The van der Waals surface area contributed by atoms with Crippen molar-refractivity contribution >= 4 is 11.7 Å². The quantitative estimate of drug-likeness (QED) is 0.740. The Hall–Kier alpha value is -1.88. The first-order valence-corrected chi connectivity index (χ1v) is 7.05. The van der Waals surface area contributed by atoms with E-state index in [-0.39, 0.29) is 12.3 Å². The number of hydrogen-bond acceptors (Lipinski definition) is 4. The fourth-order valence-electron chi connectivity index (χ4n) is 2.19. The third kappa shape index (κ3) is 5.19. The van der Waals surface area contributed by atoms with Gasteiger partial charge >= 0.3 is 0 Å². The molecule has 0 saturated carbocycles. The predicted molar refractivity (Wildman–Crippen MR) is 82.4 cm³/mol. The minimum absolute atomic E-state index is 0.0282. The Morgan fingerprint density at radius 3 is 2.19 bits per heavy atom. The molecule has 1 atom stereocenters. The summed E-state index contributed by atoms with van der Waals surface area (Å²) in [5.41, 5.74) is 5.87. The number of carbonyl (C=O) groups is 2. The van der Waals surface area contributed by atoms with Gasteiger partial charge in [-0.1, -0.05) is 13.8 Å². The van der Waals surface area contributed by atoms with Crippen LogP contribution in [0.1, 0.15) is 31.1 Å². The van der Waals surface area contributed by atoms with E-state index in [0.717, 1.165) is 0 Å². The van der Waals surface area contributed by atoms with Gasteiger partial charge in [-0.2, -0.15) is 0 Å². The number of benzene rings is 1. The number of Topliss-reactive ketones (excluding diaryl/α,β-unsaturated/α-hetero) is 1. The summed E-state index contributed by atoms with van der Waals surface area (Å²) in [6.45, 7) is 6.61. The number of amides is 1. The van der Waals surface area contributed by atoms with Crippen LogP contribution in [0.2, 0.25) is 0 Å². The molecule has 21 heavy (non-hydrogen) atoms. The van der Waals surface area contributed by atoms with Crippen molar-refractivity contribution in [2.24, 2.45) is 11.7 Å². The largest absolute Gasteiger partial charge is 0.497 e. The van der Waals surface area contributed by atoms with E-state index in [4.69, 9.17) is 10.5 Å². The Morgan fingerprint density at radius 1 is 1.19 bits per heavy atom.